The van der Waals surface area contributed by atoms with Crippen LogP contribution in [0.25, 0.3) is 0 Å². The monoisotopic (exact) mass is 215 g/mol. The molecule has 0 saturated carbocycles. The summed E-state index contributed by atoms with van der Waals surface area (Å²) in [7, 11) is 0. The van der Waals surface area contributed by atoms with E-state index in [1.807, 2.05) is 0 Å². The van der Waals surface area contributed by atoms with Crippen molar-refractivity contribution in [3.63, 3.8) is 0 Å². The topological polar surface area (TPSA) is 12.0 Å². The summed E-state index contributed by atoms with van der Waals surface area (Å²) in [6.07, 6.45) is 8.18. The standard InChI is InChI=1S/C15H21N/c1-2-8-14-13(6-1)7-3-4-9-15(14)10-5-11-16-12-15/h1-2,6,8,16H,3-5,7,9-12H2. The maximum atomic E-state index is 3.61. The molecular formula is C15H21N. The molecule has 3 rings (SSSR count). The Labute approximate surface area is 98.3 Å². The van der Waals surface area contributed by atoms with Crippen LogP contribution in [0.3, 0.4) is 0 Å². The fourth-order valence-electron chi connectivity index (χ4n) is 3.58. The SMILES string of the molecule is c1ccc2c(c1)CCCCC21CCCNC1. The van der Waals surface area contributed by atoms with Gasteiger partial charge in [0.05, 0.1) is 0 Å². The van der Waals surface area contributed by atoms with E-state index in [-0.39, 0.29) is 0 Å². The second-order valence-electron chi connectivity index (χ2n) is 5.42. The van der Waals surface area contributed by atoms with Gasteiger partial charge in [0.15, 0.2) is 0 Å². The van der Waals surface area contributed by atoms with Gasteiger partial charge in [-0.05, 0) is 49.8 Å². The molecule has 1 fully saturated rings. The Hall–Kier alpha value is -0.820. The normalized spacial score (nSPS) is 29.8. The van der Waals surface area contributed by atoms with Crippen molar-refractivity contribution in [3.05, 3.63) is 35.4 Å². The van der Waals surface area contributed by atoms with Gasteiger partial charge in [-0.1, -0.05) is 30.7 Å². The second-order valence-corrected chi connectivity index (χ2v) is 5.42. The number of nitrogens with one attached hydrogen (secondary N) is 1. The zero-order valence-electron chi connectivity index (χ0n) is 9.97. The van der Waals surface area contributed by atoms with Crippen LogP contribution in [0.1, 0.15) is 43.2 Å². The highest BCUT2D eigenvalue weighted by Gasteiger charge is 2.35. The lowest BCUT2D eigenvalue weighted by atomic mass is 9.71. The molecule has 0 aromatic heterocycles. The Balaban J connectivity index is 2.04. The van der Waals surface area contributed by atoms with E-state index in [2.05, 4.69) is 29.6 Å². The van der Waals surface area contributed by atoms with Crippen LogP contribution in [0.5, 0.6) is 0 Å². The molecule has 1 aliphatic carbocycles. The summed E-state index contributed by atoms with van der Waals surface area (Å²) in [5, 5.41) is 3.61. The number of piperidine rings is 1. The summed E-state index contributed by atoms with van der Waals surface area (Å²) < 4.78 is 0. The molecular weight excluding hydrogens is 194 g/mol. The first-order valence-electron chi connectivity index (χ1n) is 6.70. The molecule has 1 unspecified atom stereocenters. The Morgan fingerprint density at radius 1 is 1.00 bits per heavy atom. The average Bonchev–Trinajstić information content (AvgIpc) is 2.52. The van der Waals surface area contributed by atoms with E-state index in [4.69, 9.17) is 0 Å². The van der Waals surface area contributed by atoms with Crippen LogP contribution in [-0.4, -0.2) is 13.1 Å². The first kappa shape index (κ1) is 10.3. The lowest BCUT2D eigenvalue weighted by Crippen LogP contribution is -2.43. The maximum absolute atomic E-state index is 3.61. The van der Waals surface area contributed by atoms with E-state index in [9.17, 15) is 0 Å². The summed E-state index contributed by atoms with van der Waals surface area (Å²) in [5.74, 6) is 0. The Bertz CT molecular complexity index is 363. The van der Waals surface area contributed by atoms with Gasteiger partial charge in [0.25, 0.3) is 0 Å². The fraction of sp³-hybridized carbons (Fsp3) is 0.600. The summed E-state index contributed by atoms with van der Waals surface area (Å²) >= 11 is 0. The van der Waals surface area contributed by atoms with Crippen molar-refractivity contribution in [1.82, 2.24) is 5.32 Å². The van der Waals surface area contributed by atoms with Gasteiger partial charge in [-0.25, -0.2) is 0 Å². The van der Waals surface area contributed by atoms with Crippen LogP contribution >= 0.6 is 0 Å². The predicted molar refractivity (Wildman–Crippen MR) is 67.8 cm³/mol. The van der Waals surface area contributed by atoms with Gasteiger partial charge >= 0.3 is 0 Å². The van der Waals surface area contributed by atoms with Crippen LogP contribution in [0.4, 0.5) is 0 Å². The molecule has 2 aliphatic rings. The maximum Gasteiger partial charge on any atom is 0.00809 e. The number of hydrogen-bond acceptors (Lipinski definition) is 1. The predicted octanol–water partition coefficient (Wildman–Crippen LogP) is 3.03. The zero-order chi connectivity index (χ0) is 10.8. The van der Waals surface area contributed by atoms with E-state index >= 15 is 0 Å². The lowest BCUT2D eigenvalue weighted by Gasteiger charge is -2.38. The number of aryl methyl sites for hydroxylation is 1. The van der Waals surface area contributed by atoms with Gasteiger partial charge in [0, 0.05) is 12.0 Å². The number of rotatable bonds is 0. The van der Waals surface area contributed by atoms with E-state index in [0.29, 0.717) is 5.41 Å². The Morgan fingerprint density at radius 2 is 1.88 bits per heavy atom. The minimum atomic E-state index is 0.464. The van der Waals surface area contributed by atoms with Crippen molar-refractivity contribution in [3.8, 4) is 0 Å². The first-order valence-corrected chi connectivity index (χ1v) is 6.70. The van der Waals surface area contributed by atoms with Gasteiger partial charge in [0.2, 0.25) is 0 Å². The summed E-state index contributed by atoms with van der Waals surface area (Å²) in [6, 6.07) is 9.15. The molecule has 16 heavy (non-hydrogen) atoms. The molecule has 1 heteroatoms. The molecule has 1 saturated heterocycles. The minimum Gasteiger partial charge on any atom is -0.316 e. The summed E-state index contributed by atoms with van der Waals surface area (Å²) in [5.41, 5.74) is 3.73. The molecule has 1 N–H and O–H groups in total. The highest BCUT2D eigenvalue weighted by atomic mass is 14.9. The molecule has 1 aromatic carbocycles. The molecule has 1 aromatic rings. The van der Waals surface area contributed by atoms with Crippen molar-refractivity contribution < 1.29 is 0 Å². The fourth-order valence-corrected chi connectivity index (χ4v) is 3.58. The van der Waals surface area contributed by atoms with Gasteiger partial charge in [0.1, 0.15) is 0 Å². The van der Waals surface area contributed by atoms with Crippen LogP contribution in [0.2, 0.25) is 0 Å². The van der Waals surface area contributed by atoms with Crippen LogP contribution < -0.4 is 5.32 Å². The van der Waals surface area contributed by atoms with Crippen molar-refractivity contribution in [2.75, 3.05) is 13.1 Å². The number of hydrogen-bond donors (Lipinski definition) is 1. The van der Waals surface area contributed by atoms with Crippen molar-refractivity contribution in [2.24, 2.45) is 0 Å². The summed E-state index contributed by atoms with van der Waals surface area (Å²) in [4.78, 5) is 0. The molecule has 0 radical (unpaired) electrons. The van der Waals surface area contributed by atoms with Crippen molar-refractivity contribution in [1.29, 1.82) is 0 Å². The van der Waals surface area contributed by atoms with E-state index < -0.39 is 0 Å². The van der Waals surface area contributed by atoms with E-state index in [0.717, 1.165) is 0 Å². The van der Waals surface area contributed by atoms with E-state index in [1.54, 1.807) is 11.1 Å². The largest absolute Gasteiger partial charge is 0.316 e. The second kappa shape index (κ2) is 4.21. The Morgan fingerprint density at radius 3 is 2.75 bits per heavy atom. The number of benzene rings is 1. The summed E-state index contributed by atoms with van der Waals surface area (Å²) in [6.45, 7) is 2.41. The number of fused-ring (bicyclic) bond motifs is 2. The molecule has 0 amide bonds. The first-order chi connectivity index (χ1) is 7.91. The van der Waals surface area contributed by atoms with Crippen LogP contribution in [0, 0.1) is 0 Å². The highest BCUT2D eigenvalue weighted by Crippen LogP contribution is 2.40. The smallest absolute Gasteiger partial charge is 0.00809 e. The quantitative estimate of drug-likeness (QED) is 0.701. The molecule has 1 atom stereocenters. The molecule has 1 heterocycles. The molecule has 1 nitrogen and oxygen atoms in total. The third-order valence-electron chi connectivity index (χ3n) is 4.41. The Kier molecular flexibility index (Phi) is 2.72. The zero-order valence-corrected chi connectivity index (χ0v) is 9.97. The minimum absolute atomic E-state index is 0.464. The van der Waals surface area contributed by atoms with Crippen LogP contribution in [-0.2, 0) is 11.8 Å². The molecule has 86 valence electrons. The molecule has 1 spiro atoms. The molecule has 0 bridgehead atoms. The third kappa shape index (κ3) is 1.67. The third-order valence-corrected chi connectivity index (χ3v) is 4.41. The molecule has 1 aliphatic heterocycles. The average molecular weight is 215 g/mol. The van der Waals surface area contributed by atoms with E-state index in [1.165, 1.54) is 51.6 Å². The van der Waals surface area contributed by atoms with Gasteiger partial charge in [-0.2, -0.15) is 0 Å². The van der Waals surface area contributed by atoms with Crippen molar-refractivity contribution >= 4 is 0 Å². The van der Waals surface area contributed by atoms with Gasteiger partial charge in [-0.3, -0.25) is 0 Å². The van der Waals surface area contributed by atoms with Crippen LogP contribution in [0.15, 0.2) is 24.3 Å². The van der Waals surface area contributed by atoms with Gasteiger partial charge < -0.3 is 5.32 Å². The lowest BCUT2D eigenvalue weighted by molar-refractivity contribution is 0.290. The van der Waals surface area contributed by atoms with Gasteiger partial charge in [-0.15, -0.1) is 0 Å². The van der Waals surface area contributed by atoms with Crippen molar-refractivity contribution in [2.45, 2.75) is 43.9 Å². The highest BCUT2D eigenvalue weighted by molar-refractivity contribution is 5.36.